The number of thioether (sulfide) groups is 1. The van der Waals surface area contributed by atoms with Gasteiger partial charge in [-0.2, -0.15) is 11.8 Å². The lowest BCUT2D eigenvalue weighted by molar-refractivity contribution is -0.137. The number of carbonyl (C=O) groups is 1. The van der Waals surface area contributed by atoms with Crippen LogP contribution in [0.4, 0.5) is 0 Å². The van der Waals surface area contributed by atoms with Gasteiger partial charge in [-0.15, -0.1) is 0 Å². The van der Waals surface area contributed by atoms with E-state index in [1.54, 1.807) is 7.11 Å². The first-order valence-electron chi connectivity index (χ1n) is 12.0. The minimum Gasteiger partial charge on any atom is -0.497 e. The Morgan fingerprint density at radius 2 is 2.12 bits per heavy atom. The van der Waals surface area contributed by atoms with Crippen molar-refractivity contribution in [1.29, 1.82) is 0 Å². The number of rotatable bonds is 13. The number of hydrogen-bond acceptors (Lipinski definition) is 5. The minimum absolute atomic E-state index is 0.287. The van der Waals surface area contributed by atoms with Crippen molar-refractivity contribution in [3.63, 3.8) is 0 Å². The van der Waals surface area contributed by atoms with E-state index in [4.69, 9.17) is 4.74 Å². The van der Waals surface area contributed by atoms with E-state index in [1.807, 2.05) is 30.1 Å². The van der Waals surface area contributed by atoms with E-state index in [-0.39, 0.29) is 6.42 Å². The third-order valence-electron chi connectivity index (χ3n) is 6.73. The Morgan fingerprint density at radius 1 is 1.25 bits per heavy atom. The lowest BCUT2D eigenvalue weighted by atomic mass is 9.79. The third-order valence-corrected chi connectivity index (χ3v) is 7.72. The number of piperidine rings is 1. The molecule has 0 radical (unpaired) electrons. The van der Waals surface area contributed by atoms with Crippen molar-refractivity contribution in [3.05, 3.63) is 36.0 Å². The molecule has 1 fully saturated rings. The second-order valence-corrected chi connectivity index (χ2v) is 10.2. The van der Waals surface area contributed by atoms with Gasteiger partial charge < -0.3 is 14.7 Å². The number of aliphatic carboxylic acids is 1. The number of hydrogen-bond donors (Lipinski definition) is 1. The van der Waals surface area contributed by atoms with Gasteiger partial charge >= 0.3 is 5.97 Å². The zero-order valence-corrected chi connectivity index (χ0v) is 20.4. The molecule has 2 atom stereocenters. The standard InChI is InChI=1S/C26H38N2O3S/c1-3-32-17-5-15-28-16-13-20(22(19-28)8-11-26(29)30)6-4-7-21-12-14-27-25-10-9-23(31-2)18-24(21)25/h9-10,12,14,18,20,22H,3-8,11,13,15-17,19H2,1-2H3,(H,29,30)/t20-,22+/m1/s1. The number of likely N-dealkylation sites (tertiary alicyclic amines) is 1. The van der Waals surface area contributed by atoms with Gasteiger partial charge in [-0.05, 0) is 105 Å². The zero-order valence-electron chi connectivity index (χ0n) is 19.6. The van der Waals surface area contributed by atoms with Gasteiger partial charge in [0.1, 0.15) is 5.75 Å². The lowest BCUT2D eigenvalue weighted by Gasteiger charge is -2.39. The maximum absolute atomic E-state index is 11.2. The average Bonchev–Trinajstić information content (AvgIpc) is 2.81. The summed E-state index contributed by atoms with van der Waals surface area (Å²) in [7, 11) is 1.70. The number of pyridine rings is 1. The Morgan fingerprint density at radius 3 is 2.91 bits per heavy atom. The van der Waals surface area contributed by atoms with Crippen LogP contribution in [0, 0.1) is 11.8 Å². The molecular formula is C26H38N2O3S. The number of fused-ring (bicyclic) bond motifs is 1. The summed E-state index contributed by atoms with van der Waals surface area (Å²) in [4.78, 5) is 18.3. The van der Waals surface area contributed by atoms with Crippen LogP contribution in [-0.4, -0.2) is 59.2 Å². The molecule has 6 heteroatoms. The zero-order chi connectivity index (χ0) is 22.8. The highest BCUT2D eigenvalue weighted by Crippen LogP contribution is 2.32. The monoisotopic (exact) mass is 458 g/mol. The Kier molecular flexibility index (Phi) is 10.1. The van der Waals surface area contributed by atoms with Gasteiger partial charge in [0.25, 0.3) is 0 Å². The van der Waals surface area contributed by atoms with Gasteiger partial charge in [0.2, 0.25) is 0 Å². The molecule has 1 aromatic carbocycles. The fraction of sp³-hybridized carbons (Fsp3) is 0.615. The van der Waals surface area contributed by atoms with Crippen molar-refractivity contribution >= 4 is 28.6 Å². The fourth-order valence-electron chi connectivity index (χ4n) is 4.99. The van der Waals surface area contributed by atoms with E-state index >= 15 is 0 Å². The molecule has 0 spiro atoms. The van der Waals surface area contributed by atoms with Gasteiger partial charge in [0.15, 0.2) is 0 Å². The molecule has 5 nitrogen and oxygen atoms in total. The topological polar surface area (TPSA) is 62.7 Å². The molecule has 1 aromatic heterocycles. The van der Waals surface area contributed by atoms with Gasteiger partial charge in [-0.1, -0.05) is 6.92 Å². The number of carboxylic acid groups (broad SMARTS) is 1. The molecule has 3 rings (SSSR count). The van der Waals surface area contributed by atoms with Crippen LogP contribution in [0.1, 0.15) is 51.0 Å². The van der Waals surface area contributed by atoms with Crippen LogP contribution in [0.3, 0.4) is 0 Å². The van der Waals surface area contributed by atoms with Gasteiger partial charge in [-0.3, -0.25) is 9.78 Å². The molecule has 0 saturated carbocycles. The highest BCUT2D eigenvalue weighted by atomic mass is 32.2. The summed E-state index contributed by atoms with van der Waals surface area (Å²) < 4.78 is 5.41. The molecule has 0 unspecified atom stereocenters. The van der Waals surface area contributed by atoms with Crippen molar-refractivity contribution in [2.45, 2.75) is 51.9 Å². The maximum Gasteiger partial charge on any atom is 0.303 e. The second-order valence-electron chi connectivity index (χ2n) is 8.84. The molecule has 0 amide bonds. The molecule has 176 valence electrons. The van der Waals surface area contributed by atoms with Crippen molar-refractivity contribution < 1.29 is 14.6 Å². The number of aromatic nitrogens is 1. The smallest absolute Gasteiger partial charge is 0.303 e. The van der Waals surface area contributed by atoms with Crippen LogP contribution in [-0.2, 0) is 11.2 Å². The van der Waals surface area contributed by atoms with Crippen LogP contribution < -0.4 is 4.74 Å². The SMILES string of the molecule is CCSCCCN1CC[C@@H](CCCc2ccnc3ccc(OC)cc23)[C@@H](CCC(=O)O)C1. The molecule has 1 aliphatic heterocycles. The van der Waals surface area contributed by atoms with Gasteiger partial charge in [-0.25, -0.2) is 0 Å². The van der Waals surface area contributed by atoms with Crippen molar-refractivity contribution in [3.8, 4) is 5.75 Å². The summed E-state index contributed by atoms with van der Waals surface area (Å²) in [6.45, 7) is 5.57. The van der Waals surface area contributed by atoms with Gasteiger partial charge in [0.05, 0.1) is 12.6 Å². The van der Waals surface area contributed by atoms with E-state index in [2.05, 4.69) is 28.9 Å². The van der Waals surface area contributed by atoms with Crippen LogP contribution in [0.25, 0.3) is 10.9 Å². The maximum atomic E-state index is 11.2. The van der Waals surface area contributed by atoms with E-state index < -0.39 is 5.97 Å². The number of benzene rings is 1. The number of aryl methyl sites for hydroxylation is 1. The number of ether oxygens (including phenoxy) is 1. The second kappa shape index (κ2) is 13.0. The largest absolute Gasteiger partial charge is 0.497 e. The summed E-state index contributed by atoms with van der Waals surface area (Å²) in [5, 5.41) is 10.4. The summed E-state index contributed by atoms with van der Waals surface area (Å²) in [5.41, 5.74) is 2.33. The number of carboxylic acids is 1. The van der Waals surface area contributed by atoms with Crippen LogP contribution >= 0.6 is 11.8 Å². The summed E-state index contributed by atoms with van der Waals surface area (Å²) >= 11 is 2.01. The Balaban J connectivity index is 1.56. The Labute approximate surface area is 196 Å². The first-order valence-corrected chi connectivity index (χ1v) is 13.2. The van der Waals surface area contributed by atoms with E-state index in [9.17, 15) is 9.90 Å². The lowest BCUT2D eigenvalue weighted by Crippen LogP contribution is -2.41. The average molecular weight is 459 g/mol. The predicted molar refractivity (Wildman–Crippen MR) is 134 cm³/mol. The number of methoxy groups -OCH3 is 1. The normalized spacial score (nSPS) is 19.3. The molecule has 1 aliphatic rings. The predicted octanol–water partition coefficient (Wildman–Crippen LogP) is 5.51. The first-order chi connectivity index (χ1) is 15.6. The van der Waals surface area contributed by atoms with Gasteiger partial charge in [0, 0.05) is 24.5 Å². The third kappa shape index (κ3) is 7.38. The molecule has 0 bridgehead atoms. The molecular weight excluding hydrogens is 420 g/mol. The summed E-state index contributed by atoms with van der Waals surface area (Å²) in [6.07, 6.45) is 8.71. The Hall–Kier alpha value is -1.79. The molecule has 2 heterocycles. The first kappa shape index (κ1) is 24.8. The fourth-order valence-corrected chi connectivity index (χ4v) is 5.61. The van der Waals surface area contributed by atoms with Crippen LogP contribution in [0.2, 0.25) is 0 Å². The Bertz CT molecular complexity index is 860. The quantitative estimate of drug-likeness (QED) is 0.399. The molecule has 2 aromatic rings. The van der Waals surface area contributed by atoms with Crippen LogP contribution in [0.5, 0.6) is 5.75 Å². The van der Waals surface area contributed by atoms with E-state index in [0.29, 0.717) is 11.8 Å². The molecule has 1 saturated heterocycles. The molecule has 32 heavy (non-hydrogen) atoms. The van der Waals surface area contributed by atoms with Crippen molar-refractivity contribution in [2.24, 2.45) is 11.8 Å². The highest BCUT2D eigenvalue weighted by Gasteiger charge is 2.29. The van der Waals surface area contributed by atoms with Crippen LogP contribution in [0.15, 0.2) is 30.5 Å². The molecule has 1 N–H and O–H groups in total. The van der Waals surface area contributed by atoms with E-state index in [0.717, 1.165) is 56.6 Å². The minimum atomic E-state index is -0.669. The van der Waals surface area contributed by atoms with Crippen molar-refractivity contribution in [2.75, 3.05) is 38.2 Å². The van der Waals surface area contributed by atoms with E-state index in [1.165, 1.54) is 35.3 Å². The number of nitrogens with zero attached hydrogens (tertiary/aromatic N) is 2. The molecule has 0 aliphatic carbocycles. The summed E-state index contributed by atoms with van der Waals surface area (Å²) in [5.74, 6) is 3.72. The highest BCUT2D eigenvalue weighted by molar-refractivity contribution is 7.99. The van der Waals surface area contributed by atoms with Crippen molar-refractivity contribution in [1.82, 2.24) is 9.88 Å². The summed E-state index contributed by atoms with van der Waals surface area (Å²) in [6, 6.07) is 8.19.